The summed E-state index contributed by atoms with van der Waals surface area (Å²) in [6.07, 6.45) is 1.13. The highest BCUT2D eigenvalue weighted by Gasteiger charge is 2.43. The van der Waals surface area contributed by atoms with Gasteiger partial charge in [0.25, 0.3) is 11.8 Å². The van der Waals surface area contributed by atoms with Crippen molar-refractivity contribution in [2.45, 2.75) is 17.7 Å². The number of carboxylic acid groups (broad SMARTS) is 1. The summed E-state index contributed by atoms with van der Waals surface area (Å²) in [5.41, 5.74) is -0.505. The minimum atomic E-state index is -3.98. The largest absolute Gasteiger partial charge is 0.478 e. The van der Waals surface area contributed by atoms with Crippen LogP contribution >= 0.6 is 0 Å². The number of rotatable bonds is 6. The Morgan fingerprint density at radius 3 is 2.26 bits per heavy atom. The Labute approximate surface area is 197 Å². The van der Waals surface area contributed by atoms with Crippen LogP contribution in [0.5, 0.6) is 0 Å². The molecule has 12 heteroatoms. The number of nitrogens with zero attached hydrogens (tertiary/aromatic N) is 2. The molecule has 0 bridgehead atoms. The zero-order valence-corrected chi connectivity index (χ0v) is 18.8. The number of hydrogen-bond acceptors (Lipinski definition) is 6. The number of hydrogen-bond donors (Lipinski definition) is 2. The van der Waals surface area contributed by atoms with Crippen molar-refractivity contribution in [2.24, 2.45) is 10.2 Å². The molecule has 1 aliphatic rings. The minimum Gasteiger partial charge on any atom is -0.478 e. The van der Waals surface area contributed by atoms with Crippen LogP contribution in [0.25, 0.3) is 17.4 Å². The van der Waals surface area contributed by atoms with E-state index in [2.05, 4.69) is 5.10 Å². The molecular formula is C23H17F2N3O6S. The fourth-order valence-corrected chi connectivity index (χ4v) is 3.84. The van der Waals surface area contributed by atoms with Crippen LogP contribution in [0.1, 0.15) is 23.0 Å². The molecule has 2 heterocycles. The molecule has 0 saturated carbocycles. The number of amides is 1. The van der Waals surface area contributed by atoms with E-state index in [0.717, 1.165) is 23.2 Å². The van der Waals surface area contributed by atoms with E-state index in [-0.39, 0.29) is 21.9 Å². The van der Waals surface area contributed by atoms with Gasteiger partial charge in [-0.3, -0.25) is 4.79 Å². The molecule has 9 nitrogen and oxygen atoms in total. The molecule has 4 rings (SSSR count). The molecule has 180 valence electrons. The third kappa shape index (κ3) is 4.88. The molecule has 3 N–H and O–H groups in total. The Kier molecular flexibility index (Phi) is 5.87. The second kappa shape index (κ2) is 8.56. The van der Waals surface area contributed by atoms with E-state index in [4.69, 9.17) is 14.7 Å². The summed E-state index contributed by atoms with van der Waals surface area (Å²) in [6.45, 7) is 0.595. The van der Waals surface area contributed by atoms with Crippen molar-refractivity contribution in [2.75, 3.05) is 5.01 Å². The number of nitrogens with two attached hydrogens (primary N) is 1. The third-order valence-electron chi connectivity index (χ3n) is 5.03. The number of furan rings is 1. The predicted molar refractivity (Wildman–Crippen MR) is 122 cm³/mol. The summed E-state index contributed by atoms with van der Waals surface area (Å²) in [7, 11) is -3.98. The average molecular weight is 501 g/mol. The summed E-state index contributed by atoms with van der Waals surface area (Å²) in [5, 5.41) is 18.6. The Morgan fingerprint density at radius 1 is 1.09 bits per heavy atom. The monoisotopic (exact) mass is 501 g/mol. The first-order valence-corrected chi connectivity index (χ1v) is 11.5. The van der Waals surface area contributed by atoms with E-state index < -0.39 is 39.1 Å². The summed E-state index contributed by atoms with van der Waals surface area (Å²) >= 11 is 0. The predicted octanol–water partition coefficient (Wildman–Crippen LogP) is 3.73. The van der Waals surface area contributed by atoms with E-state index in [1.165, 1.54) is 42.5 Å². The molecule has 1 aliphatic heterocycles. The van der Waals surface area contributed by atoms with Gasteiger partial charge in [-0.05, 0) is 54.6 Å². The van der Waals surface area contributed by atoms with Crippen LogP contribution in [0.2, 0.25) is 0 Å². The molecule has 3 aromatic rings. The van der Waals surface area contributed by atoms with Crippen LogP contribution in [0.3, 0.4) is 0 Å². The highest BCUT2D eigenvalue weighted by atomic mass is 32.2. The maximum atomic E-state index is 14.3. The van der Waals surface area contributed by atoms with Gasteiger partial charge in [0.1, 0.15) is 17.2 Å². The zero-order valence-electron chi connectivity index (χ0n) is 18.0. The van der Waals surface area contributed by atoms with E-state index in [1.54, 1.807) is 6.07 Å². The molecule has 0 spiro atoms. The van der Waals surface area contributed by atoms with Gasteiger partial charge in [-0.1, -0.05) is 12.1 Å². The molecule has 0 atom stereocenters. The van der Waals surface area contributed by atoms with Crippen LogP contribution < -0.4 is 10.1 Å². The van der Waals surface area contributed by atoms with Crippen molar-refractivity contribution in [1.29, 1.82) is 0 Å². The van der Waals surface area contributed by atoms with Gasteiger partial charge in [-0.15, -0.1) is 0 Å². The van der Waals surface area contributed by atoms with E-state index in [0.29, 0.717) is 18.2 Å². The molecule has 1 aromatic heterocycles. The molecule has 0 radical (unpaired) electrons. The summed E-state index contributed by atoms with van der Waals surface area (Å²) < 4.78 is 57.2. The highest BCUT2D eigenvalue weighted by Crippen LogP contribution is 2.33. The Morgan fingerprint density at radius 2 is 1.71 bits per heavy atom. The van der Waals surface area contributed by atoms with Crippen molar-refractivity contribution in [3.8, 4) is 11.3 Å². The van der Waals surface area contributed by atoms with Crippen molar-refractivity contribution in [3.05, 3.63) is 77.6 Å². The lowest BCUT2D eigenvalue weighted by Gasteiger charge is -2.11. The van der Waals surface area contributed by atoms with Crippen molar-refractivity contribution in [3.63, 3.8) is 0 Å². The summed E-state index contributed by atoms with van der Waals surface area (Å²) in [6, 6.07) is 13.6. The molecule has 0 aliphatic carbocycles. The number of carbonyl (C=O) groups excluding carboxylic acids is 1. The van der Waals surface area contributed by atoms with Crippen LogP contribution in [0, 0.1) is 0 Å². The number of hydrazone groups is 1. The van der Waals surface area contributed by atoms with Gasteiger partial charge in [0.05, 0.1) is 21.7 Å². The molecule has 2 aromatic carbocycles. The summed E-state index contributed by atoms with van der Waals surface area (Å²) in [4.78, 5) is 23.8. The van der Waals surface area contributed by atoms with Crippen LogP contribution in [-0.2, 0) is 14.8 Å². The molecule has 0 saturated heterocycles. The van der Waals surface area contributed by atoms with Crippen LogP contribution in [-0.4, -0.2) is 37.0 Å². The third-order valence-corrected chi connectivity index (χ3v) is 5.96. The topological polar surface area (TPSA) is 143 Å². The molecular weight excluding hydrogens is 484 g/mol. The number of halogens is 2. The number of sulfonamides is 1. The Bertz CT molecular complexity index is 1490. The van der Waals surface area contributed by atoms with Crippen molar-refractivity contribution in [1.82, 2.24) is 0 Å². The smallest absolute Gasteiger partial charge is 0.335 e. The minimum absolute atomic E-state index is 0.0613. The SMILES string of the molecule is CC(F)(F)C1=NN(c2ccc(S(N)(=O)=O)cc2)C(=O)/C1=C\c1ccc(-c2ccc(C(=O)O)cc2)o1. The number of carbonyl (C=O) groups is 2. The molecule has 0 unspecified atom stereocenters. The number of aromatic carboxylic acids is 1. The van der Waals surface area contributed by atoms with Crippen molar-refractivity contribution >= 4 is 39.4 Å². The van der Waals surface area contributed by atoms with Gasteiger partial charge in [0.2, 0.25) is 10.0 Å². The van der Waals surface area contributed by atoms with E-state index in [1.807, 2.05) is 0 Å². The lowest BCUT2D eigenvalue weighted by Crippen LogP contribution is -2.26. The standard InChI is InChI=1S/C23H17F2N3O6S/c1-23(24,25)20-18(21(29)28(27-20)15-6-9-17(10-7-15)35(26,32)33)12-16-8-11-19(34-16)13-2-4-14(5-3-13)22(30)31/h2-12H,1H3,(H,30,31)(H2,26,32,33)/b18-12-. The van der Waals surface area contributed by atoms with Gasteiger partial charge in [-0.2, -0.15) is 18.9 Å². The molecule has 0 fully saturated rings. The van der Waals surface area contributed by atoms with Crippen LogP contribution in [0.15, 0.2) is 80.7 Å². The maximum absolute atomic E-state index is 14.3. The molecule has 35 heavy (non-hydrogen) atoms. The number of carboxylic acids is 1. The first-order chi connectivity index (χ1) is 16.3. The quantitative estimate of drug-likeness (QED) is 0.493. The van der Waals surface area contributed by atoms with Crippen molar-refractivity contribution < 1.29 is 36.3 Å². The molecule has 1 amide bonds. The number of alkyl halides is 2. The van der Waals surface area contributed by atoms with Gasteiger partial charge in [0, 0.05) is 12.5 Å². The first kappa shape index (κ1) is 24.0. The van der Waals surface area contributed by atoms with E-state index in [9.17, 15) is 26.8 Å². The highest BCUT2D eigenvalue weighted by molar-refractivity contribution is 7.89. The Balaban J connectivity index is 1.67. The summed E-state index contributed by atoms with van der Waals surface area (Å²) in [5.74, 6) is -5.00. The second-order valence-corrected chi connectivity index (χ2v) is 9.20. The van der Waals surface area contributed by atoms with Gasteiger partial charge in [-0.25, -0.2) is 18.4 Å². The van der Waals surface area contributed by atoms with Gasteiger partial charge in [0.15, 0.2) is 0 Å². The number of primary sulfonamides is 1. The fraction of sp³-hybridized carbons (Fsp3) is 0.0870. The van der Waals surface area contributed by atoms with Gasteiger partial charge < -0.3 is 9.52 Å². The average Bonchev–Trinajstić information content (AvgIpc) is 3.38. The normalized spacial score (nSPS) is 15.5. The Hall–Kier alpha value is -4.16. The number of benzene rings is 2. The number of anilines is 1. The van der Waals surface area contributed by atoms with Crippen LogP contribution in [0.4, 0.5) is 14.5 Å². The van der Waals surface area contributed by atoms with E-state index >= 15 is 0 Å². The lowest BCUT2D eigenvalue weighted by molar-refractivity contribution is -0.114. The maximum Gasteiger partial charge on any atom is 0.335 e. The fourth-order valence-electron chi connectivity index (χ4n) is 3.33. The van der Waals surface area contributed by atoms with Gasteiger partial charge >= 0.3 is 5.97 Å². The first-order valence-electron chi connectivity index (χ1n) is 9.94. The second-order valence-electron chi connectivity index (χ2n) is 7.64. The zero-order chi connectivity index (χ0) is 25.5. The lowest BCUT2D eigenvalue weighted by atomic mass is 10.0.